The Bertz CT molecular complexity index is 442. The maximum Gasteiger partial charge on any atom is 0.235 e. The molecule has 0 amide bonds. The third-order valence-corrected chi connectivity index (χ3v) is 2.78. The van der Waals surface area contributed by atoms with E-state index in [1.54, 1.807) is 6.20 Å². The lowest BCUT2D eigenvalue weighted by Gasteiger charge is -2.13. The molecular formula is C13H16N2O2. The van der Waals surface area contributed by atoms with E-state index in [1.807, 2.05) is 6.92 Å². The monoisotopic (exact) mass is 232 g/mol. The number of hydrogen-bond acceptors (Lipinski definition) is 4. The topological polar surface area (TPSA) is 55.2 Å². The number of aromatic nitrogens is 2. The van der Waals surface area contributed by atoms with Crippen LogP contribution < -0.4 is 4.74 Å². The smallest absolute Gasteiger partial charge is 0.235 e. The number of ether oxygens (including phenoxy) is 1. The van der Waals surface area contributed by atoms with Crippen LogP contribution in [0.15, 0.2) is 6.20 Å². The summed E-state index contributed by atoms with van der Waals surface area (Å²) in [6, 6.07) is 0. The average Bonchev–Trinajstić information content (AvgIpc) is 2.82. The highest BCUT2D eigenvalue weighted by atomic mass is 16.5. The van der Waals surface area contributed by atoms with Crippen LogP contribution in [0.25, 0.3) is 0 Å². The van der Waals surface area contributed by atoms with Crippen molar-refractivity contribution in [2.45, 2.75) is 38.7 Å². The van der Waals surface area contributed by atoms with Crippen molar-refractivity contribution in [3.05, 3.63) is 17.6 Å². The van der Waals surface area contributed by atoms with Gasteiger partial charge in [0.05, 0.1) is 6.20 Å². The summed E-state index contributed by atoms with van der Waals surface area (Å²) < 4.78 is 5.79. The molecule has 1 saturated carbocycles. The van der Waals surface area contributed by atoms with E-state index < -0.39 is 0 Å². The molecule has 2 rings (SSSR count). The van der Waals surface area contributed by atoms with Gasteiger partial charge in [0, 0.05) is 0 Å². The van der Waals surface area contributed by atoms with Crippen molar-refractivity contribution in [3.63, 3.8) is 0 Å². The highest BCUT2D eigenvalue weighted by Crippen LogP contribution is 2.23. The molecule has 0 aliphatic heterocycles. The van der Waals surface area contributed by atoms with Crippen LogP contribution >= 0.6 is 0 Å². The molecule has 0 saturated heterocycles. The van der Waals surface area contributed by atoms with Gasteiger partial charge in [-0.05, 0) is 38.5 Å². The van der Waals surface area contributed by atoms with Crippen molar-refractivity contribution in [1.29, 1.82) is 0 Å². The normalized spacial score (nSPS) is 15.4. The third-order valence-electron chi connectivity index (χ3n) is 2.78. The van der Waals surface area contributed by atoms with Gasteiger partial charge in [-0.2, -0.15) is 0 Å². The lowest BCUT2D eigenvalue weighted by atomic mass is 10.3. The van der Waals surface area contributed by atoms with Gasteiger partial charge in [0.2, 0.25) is 5.88 Å². The summed E-state index contributed by atoms with van der Waals surface area (Å²) in [5, 5.41) is 8.59. The van der Waals surface area contributed by atoms with Gasteiger partial charge < -0.3 is 9.84 Å². The number of aliphatic hydroxyl groups excluding tert-OH is 1. The van der Waals surface area contributed by atoms with Gasteiger partial charge >= 0.3 is 0 Å². The van der Waals surface area contributed by atoms with E-state index in [0.29, 0.717) is 11.6 Å². The highest BCUT2D eigenvalue weighted by molar-refractivity contribution is 5.29. The Kier molecular flexibility index (Phi) is 3.94. The molecule has 1 aromatic rings. The second-order valence-corrected chi connectivity index (χ2v) is 4.13. The maximum atomic E-state index is 8.59. The molecule has 1 heterocycles. The first-order valence-electron chi connectivity index (χ1n) is 5.89. The molecule has 90 valence electrons. The first kappa shape index (κ1) is 11.9. The van der Waals surface area contributed by atoms with E-state index in [1.165, 1.54) is 12.8 Å². The third kappa shape index (κ3) is 3.18. The van der Waals surface area contributed by atoms with Crippen molar-refractivity contribution < 1.29 is 9.84 Å². The van der Waals surface area contributed by atoms with Crippen molar-refractivity contribution >= 4 is 0 Å². The van der Waals surface area contributed by atoms with Crippen LogP contribution in [0.3, 0.4) is 0 Å². The van der Waals surface area contributed by atoms with Crippen molar-refractivity contribution in [3.8, 4) is 17.7 Å². The van der Waals surface area contributed by atoms with Crippen LogP contribution in [0, 0.1) is 18.8 Å². The predicted octanol–water partition coefficient (Wildman–Crippen LogP) is 1.45. The summed E-state index contributed by atoms with van der Waals surface area (Å²) in [5.74, 6) is 5.88. The minimum Gasteiger partial charge on any atom is -0.473 e. The Morgan fingerprint density at radius 3 is 2.88 bits per heavy atom. The van der Waals surface area contributed by atoms with Gasteiger partial charge in [-0.3, -0.25) is 0 Å². The molecule has 1 N–H and O–H groups in total. The van der Waals surface area contributed by atoms with Gasteiger partial charge in [-0.1, -0.05) is 5.92 Å². The minimum absolute atomic E-state index is 0.166. The predicted molar refractivity (Wildman–Crippen MR) is 63.6 cm³/mol. The van der Waals surface area contributed by atoms with Gasteiger partial charge in [-0.15, -0.1) is 0 Å². The standard InChI is InChI=1S/C13H16N2O2/c1-10-13(17-12-6-2-3-7-12)14-9-11(15-10)5-4-8-16/h9,12,16H,2-3,6-8H2,1H3. The molecule has 0 unspecified atom stereocenters. The highest BCUT2D eigenvalue weighted by Gasteiger charge is 2.18. The van der Waals surface area contributed by atoms with Gasteiger partial charge in [0.15, 0.2) is 0 Å². The Morgan fingerprint density at radius 2 is 2.24 bits per heavy atom. The summed E-state index contributed by atoms with van der Waals surface area (Å²) in [7, 11) is 0. The average molecular weight is 232 g/mol. The molecule has 0 atom stereocenters. The van der Waals surface area contributed by atoms with E-state index in [4.69, 9.17) is 9.84 Å². The molecule has 0 radical (unpaired) electrons. The minimum atomic E-state index is -0.166. The number of aliphatic hydroxyl groups is 1. The molecule has 0 aromatic carbocycles. The molecule has 1 aromatic heterocycles. The molecular weight excluding hydrogens is 216 g/mol. The zero-order valence-electron chi connectivity index (χ0n) is 9.94. The Labute approximate surface area is 101 Å². The number of aryl methyl sites for hydroxylation is 1. The van der Waals surface area contributed by atoms with Crippen LogP contribution in [0.5, 0.6) is 5.88 Å². The van der Waals surface area contributed by atoms with Gasteiger partial charge in [0.1, 0.15) is 24.1 Å². The van der Waals surface area contributed by atoms with Crippen LogP contribution in [-0.2, 0) is 0 Å². The van der Waals surface area contributed by atoms with E-state index in [-0.39, 0.29) is 12.7 Å². The van der Waals surface area contributed by atoms with Gasteiger partial charge in [-0.25, -0.2) is 9.97 Å². The summed E-state index contributed by atoms with van der Waals surface area (Å²) in [6.45, 7) is 1.70. The number of nitrogens with zero attached hydrogens (tertiary/aromatic N) is 2. The molecule has 4 nitrogen and oxygen atoms in total. The van der Waals surface area contributed by atoms with Crippen LogP contribution in [0.4, 0.5) is 0 Å². The zero-order valence-corrected chi connectivity index (χ0v) is 9.94. The molecule has 1 aliphatic rings. The summed E-state index contributed by atoms with van der Waals surface area (Å²) in [6.07, 6.45) is 6.55. The number of rotatable bonds is 2. The Morgan fingerprint density at radius 1 is 1.47 bits per heavy atom. The van der Waals surface area contributed by atoms with Crippen molar-refractivity contribution in [2.24, 2.45) is 0 Å². The Balaban J connectivity index is 2.08. The van der Waals surface area contributed by atoms with Crippen LogP contribution in [-0.4, -0.2) is 27.8 Å². The Hall–Kier alpha value is -1.60. The molecule has 0 spiro atoms. The lowest BCUT2D eigenvalue weighted by molar-refractivity contribution is 0.199. The van der Waals surface area contributed by atoms with Crippen molar-refractivity contribution in [2.75, 3.05) is 6.61 Å². The fourth-order valence-corrected chi connectivity index (χ4v) is 1.94. The first-order valence-corrected chi connectivity index (χ1v) is 5.89. The zero-order chi connectivity index (χ0) is 12.1. The molecule has 1 fully saturated rings. The van der Waals surface area contributed by atoms with Crippen LogP contribution in [0.1, 0.15) is 37.1 Å². The van der Waals surface area contributed by atoms with E-state index in [9.17, 15) is 0 Å². The second-order valence-electron chi connectivity index (χ2n) is 4.13. The summed E-state index contributed by atoms with van der Waals surface area (Å²) in [4.78, 5) is 8.51. The molecule has 0 bridgehead atoms. The van der Waals surface area contributed by atoms with Gasteiger partial charge in [0.25, 0.3) is 0 Å². The largest absolute Gasteiger partial charge is 0.473 e. The fraction of sp³-hybridized carbons (Fsp3) is 0.538. The first-order chi connectivity index (χ1) is 8.29. The lowest BCUT2D eigenvalue weighted by Crippen LogP contribution is -2.13. The maximum absolute atomic E-state index is 8.59. The molecule has 1 aliphatic carbocycles. The second kappa shape index (κ2) is 5.65. The van der Waals surface area contributed by atoms with E-state index in [2.05, 4.69) is 21.8 Å². The summed E-state index contributed by atoms with van der Waals surface area (Å²) >= 11 is 0. The number of hydrogen-bond donors (Lipinski definition) is 1. The van der Waals surface area contributed by atoms with E-state index >= 15 is 0 Å². The molecule has 4 heteroatoms. The van der Waals surface area contributed by atoms with Crippen molar-refractivity contribution in [1.82, 2.24) is 9.97 Å². The van der Waals surface area contributed by atoms with Crippen LogP contribution in [0.2, 0.25) is 0 Å². The van der Waals surface area contributed by atoms with E-state index in [0.717, 1.165) is 18.5 Å². The fourth-order valence-electron chi connectivity index (χ4n) is 1.94. The SMILES string of the molecule is Cc1nc(C#CCO)cnc1OC1CCCC1. The summed E-state index contributed by atoms with van der Waals surface area (Å²) in [5.41, 5.74) is 1.32. The quantitative estimate of drug-likeness (QED) is 0.784. The molecule has 17 heavy (non-hydrogen) atoms.